The van der Waals surface area contributed by atoms with Crippen molar-refractivity contribution in [1.82, 2.24) is 15.5 Å². The summed E-state index contributed by atoms with van der Waals surface area (Å²) in [5.41, 5.74) is 1.25. The van der Waals surface area contributed by atoms with Gasteiger partial charge in [-0.15, -0.1) is 24.0 Å². The first-order chi connectivity index (χ1) is 13.6. The molecule has 0 aromatic heterocycles. The van der Waals surface area contributed by atoms with E-state index < -0.39 is 0 Å². The molecule has 0 saturated carbocycles. The Bertz CT molecular complexity index is 581. The molecule has 1 aromatic carbocycles. The van der Waals surface area contributed by atoms with Gasteiger partial charge in [0.25, 0.3) is 0 Å². The van der Waals surface area contributed by atoms with Crippen LogP contribution in [0.1, 0.15) is 31.9 Å². The number of nitrogens with one attached hydrogen (secondary N) is 2. The Hall–Kier alpha value is -0.610. The smallest absolute Gasteiger partial charge is 0.191 e. The molecular formula is C21H36ClIN4O2. The van der Waals surface area contributed by atoms with Crippen LogP contribution in [0.3, 0.4) is 0 Å². The lowest BCUT2D eigenvalue weighted by Crippen LogP contribution is -2.46. The summed E-state index contributed by atoms with van der Waals surface area (Å²) >= 11 is 6.07. The van der Waals surface area contributed by atoms with E-state index in [2.05, 4.69) is 46.5 Å². The number of morpholine rings is 1. The summed E-state index contributed by atoms with van der Waals surface area (Å²) in [6.07, 6.45) is 0.956. The molecular weight excluding hydrogens is 503 g/mol. The maximum absolute atomic E-state index is 6.07. The second-order valence-corrected chi connectivity index (χ2v) is 7.85. The van der Waals surface area contributed by atoms with E-state index in [1.807, 2.05) is 12.1 Å². The third kappa shape index (κ3) is 10.3. The van der Waals surface area contributed by atoms with Crippen molar-refractivity contribution in [2.24, 2.45) is 10.9 Å². The summed E-state index contributed by atoms with van der Waals surface area (Å²) in [5, 5.41) is 7.60. The predicted octanol–water partition coefficient (Wildman–Crippen LogP) is 3.56. The molecule has 166 valence electrons. The van der Waals surface area contributed by atoms with E-state index in [-0.39, 0.29) is 30.0 Å². The summed E-state index contributed by atoms with van der Waals surface area (Å²) in [6.45, 7) is 10.9. The average molecular weight is 539 g/mol. The minimum atomic E-state index is 0. The highest BCUT2D eigenvalue weighted by Gasteiger charge is 2.22. The van der Waals surface area contributed by atoms with Crippen LogP contribution in [0.2, 0.25) is 5.02 Å². The van der Waals surface area contributed by atoms with E-state index >= 15 is 0 Å². The quantitative estimate of drug-likeness (QED) is 0.207. The van der Waals surface area contributed by atoms with Crippen molar-refractivity contribution in [3.05, 3.63) is 34.9 Å². The fraction of sp³-hybridized carbons (Fsp3) is 0.667. The lowest BCUT2D eigenvalue weighted by atomic mass is 10.0. The third-order valence-electron chi connectivity index (χ3n) is 4.64. The van der Waals surface area contributed by atoms with E-state index in [9.17, 15) is 0 Å². The summed E-state index contributed by atoms with van der Waals surface area (Å²) in [4.78, 5) is 6.80. The lowest BCUT2D eigenvalue weighted by Gasteiger charge is -2.35. The van der Waals surface area contributed by atoms with Gasteiger partial charge in [0.15, 0.2) is 5.96 Å². The zero-order valence-electron chi connectivity index (χ0n) is 17.8. The van der Waals surface area contributed by atoms with Crippen LogP contribution in [0.15, 0.2) is 29.3 Å². The largest absolute Gasteiger partial charge is 0.381 e. The number of nitrogens with zero attached hydrogens (tertiary/aromatic N) is 2. The number of hydrogen-bond acceptors (Lipinski definition) is 4. The van der Waals surface area contributed by atoms with Gasteiger partial charge in [-0.05, 0) is 30.0 Å². The van der Waals surface area contributed by atoms with Gasteiger partial charge in [-0.3, -0.25) is 9.89 Å². The molecule has 6 nitrogen and oxygen atoms in total. The molecule has 1 heterocycles. The van der Waals surface area contributed by atoms with Gasteiger partial charge in [-0.2, -0.15) is 0 Å². The van der Waals surface area contributed by atoms with Crippen LogP contribution in [0.4, 0.5) is 0 Å². The summed E-state index contributed by atoms with van der Waals surface area (Å²) in [6, 6.07) is 8.36. The Labute approximate surface area is 197 Å². The van der Waals surface area contributed by atoms with Gasteiger partial charge in [0.2, 0.25) is 0 Å². The average Bonchev–Trinajstić information content (AvgIpc) is 2.71. The molecule has 1 aromatic rings. The Balaban J connectivity index is 0.00000420. The van der Waals surface area contributed by atoms with E-state index in [0.29, 0.717) is 5.92 Å². The number of rotatable bonds is 10. The molecule has 0 aliphatic carbocycles. The van der Waals surface area contributed by atoms with Crippen molar-refractivity contribution in [2.75, 3.05) is 59.7 Å². The highest BCUT2D eigenvalue weighted by molar-refractivity contribution is 14.0. The Kier molecular flexibility index (Phi) is 13.9. The van der Waals surface area contributed by atoms with Gasteiger partial charge >= 0.3 is 0 Å². The first-order valence-corrected chi connectivity index (χ1v) is 10.6. The Morgan fingerprint density at radius 3 is 2.52 bits per heavy atom. The number of ether oxygens (including phenoxy) is 2. The van der Waals surface area contributed by atoms with Gasteiger partial charge in [-0.25, -0.2) is 0 Å². The van der Waals surface area contributed by atoms with Crippen molar-refractivity contribution in [1.29, 1.82) is 0 Å². The van der Waals surface area contributed by atoms with Crippen molar-refractivity contribution < 1.29 is 9.47 Å². The molecule has 0 amide bonds. The van der Waals surface area contributed by atoms with Crippen molar-refractivity contribution in [2.45, 2.75) is 26.3 Å². The van der Waals surface area contributed by atoms with Gasteiger partial charge in [0, 0.05) is 51.5 Å². The normalized spacial score (nSPS) is 16.4. The highest BCUT2D eigenvalue weighted by Crippen LogP contribution is 2.23. The van der Waals surface area contributed by atoms with Crippen LogP contribution >= 0.6 is 35.6 Å². The molecule has 1 aliphatic heterocycles. The molecule has 1 aliphatic rings. The number of aliphatic imine (C=N–C) groups is 1. The van der Waals surface area contributed by atoms with Crippen LogP contribution in [-0.2, 0) is 9.47 Å². The van der Waals surface area contributed by atoms with E-state index in [4.69, 9.17) is 21.1 Å². The van der Waals surface area contributed by atoms with E-state index in [1.165, 1.54) is 5.56 Å². The maximum atomic E-state index is 6.07. The number of guanidine groups is 1. The summed E-state index contributed by atoms with van der Waals surface area (Å²) in [7, 11) is 1.80. The van der Waals surface area contributed by atoms with E-state index in [0.717, 1.165) is 70.0 Å². The molecule has 0 radical (unpaired) electrons. The zero-order valence-corrected chi connectivity index (χ0v) is 20.9. The molecule has 8 heteroatoms. The monoisotopic (exact) mass is 538 g/mol. The van der Waals surface area contributed by atoms with Gasteiger partial charge in [0.1, 0.15) is 0 Å². The fourth-order valence-electron chi connectivity index (χ4n) is 3.15. The van der Waals surface area contributed by atoms with Crippen LogP contribution in [0, 0.1) is 5.92 Å². The SMILES string of the molecule is CN=C(NCCCOCC(C)C)NCC(c1ccc(Cl)cc1)N1CCOCC1.I. The first kappa shape index (κ1) is 26.4. The zero-order chi connectivity index (χ0) is 20.2. The maximum Gasteiger partial charge on any atom is 0.191 e. The fourth-order valence-corrected chi connectivity index (χ4v) is 3.27. The van der Waals surface area contributed by atoms with Gasteiger partial charge in [-0.1, -0.05) is 37.6 Å². The van der Waals surface area contributed by atoms with Crippen molar-refractivity contribution >= 4 is 41.5 Å². The molecule has 1 fully saturated rings. The first-order valence-electron chi connectivity index (χ1n) is 10.2. The van der Waals surface area contributed by atoms with Gasteiger partial charge < -0.3 is 20.1 Å². The molecule has 1 atom stereocenters. The number of hydrogen-bond donors (Lipinski definition) is 2. The Morgan fingerprint density at radius 2 is 1.90 bits per heavy atom. The molecule has 1 saturated heterocycles. The topological polar surface area (TPSA) is 58.1 Å². The molecule has 2 N–H and O–H groups in total. The van der Waals surface area contributed by atoms with Crippen LogP contribution in [0.5, 0.6) is 0 Å². The second kappa shape index (κ2) is 15.2. The van der Waals surface area contributed by atoms with Crippen LogP contribution in [-0.4, -0.2) is 70.5 Å². The molecule has 0 bridgehead atoms. The van der Waals surface area contributed by atoms with Crippen molar-refractivity contribution in [3.8, 4) is 0 Å². The van der Waals surface area contributed by atoms with Crippen LogP contribution < -0.4 is 10.6 Å². The standard InChI is InChI=1S/C21H35ClN4O2.HI/c1-17(2)16-28-12-4-9-24-21(23-3)25-15-20(26-10-13-27-14-11-26)18-5-7-19(22)8-6-18;/h5-8,17,20H,4,9-16H2,1-3H3,(H2,23,24,25);1H. The highest BCUT2D eigenvalue weighted by atomic mass is 127. The minimum Gasteiger partial charge on any atom is -0.381 e. The molecule has 1 unspecified atom stereocenters. The third-order valence-corrected chi connectivity index (χ3v) is 4.89. The predicted molar refractivity (Wildman–Crippen MR) is 132 cm³/mol. The molecule has 2 rings (SSSR count). The van der Waals surface area contributed by atoms with Gasteiger partial charge in [0.05, 0.1) is 19.3 Å². The number of benzene rings is 1. The minimum absolute atomic E-state index is 0. The Morgan fingerprint density at radius 1 is 1.21 bits per heavy atom. The summed E-state index contributed by atoms with van der Waals surface area (Å²) in [5.74, 6) is 1.39. The van der Waals surface area contributed by atoms with Crippen molar-refractivity contribution in [3.63, 3.8) is 0 Å². The summed E-state index contributed by atoms with van der Waals surface area (Å²) < 4.78 is 11.1. The van der Waals surface area contributed by atoms with E-state index in [1.54, 1.807) is 7.05 Å². The lowest BCUT2D eigenvalue weighted by molar-refractivity contribution is 0.0170. The molecule has 0 spiro atoms. The van der Waals surface area contributed by atoms with Crippen LogP contribution in [0.25, 0.3) is 0 Å². The molecule has 29 heavy (non-hydrogen) atoms. The number of halogens is 2. The second-order valence-electron chi connectivity index (χ2n) is 7.42.